The van der Waals surface area contributed by atoms with E-state index in [-0.39, 0.29) is 62.7 Å². The first-order valence-electron chi connectivity index (χ1n) is 33.2. The van der Waals surface area contributed by atoms with E-state index >= 15 is 0 Å². The fraction of sp³-hybridized carbons (Fsp3) is 0.725. The summed E-state index contributed by atoms with van der Waals surface area (Å²) in [5, 5.41) is 43.8. The number of unbranched alkanes of at least 4 members (excludes halogenated alkanes) is 24. The SMILES string of the molecule is CCCCCCC(O)C/C=C\CCCCCCCC(=O)OCC(COC(=O)CCCCCCC/C=C/CC(CCCCCC)OC(=O)Nc1ccc(C)c(NC(=O)OC/C(O)=C/O)c1)OC(=O)CCCCCCC/C=C\CC(O)CCCCCC. The van der Waals surface area contributed by atoms with Gasteiger partial charge in [-0.05, 0) is 121 Å². The van der Waals surface area contributed by atoms with Crippen LogP contribution in [0, 0.1) is 6.92 Å². The lowest BCUT2D eigenvalue weighted by atomic mass is 10.1. The van der Waals surface area contributed by atoms with Gasteiger partial charge in [-0.15, -0.1) is 0 Å². The first kappa shape index (κ1) is 77.7. The maximum atomic E-state index is 13.0. The van der Waals surface area contributed by atoms with Gasteiger partial charge in [-0.3, -0.25) is 25.0 Å². The van der Waals surface area contributed by atoms with Crippen LogP contribution in [0.25, 0.3) is 0 Å². The molecule has 16 nitrogen and oxygen atoms in total. The second-order valence-electron chi connectivity index (χ2n) is 22.9. The highest BCUT2D eigenvalue weighted by molar-refractivity contribution is 5.89. The van der Waals surface area contributed by atoms with Crippen LogP contribution < -0.4 is 10.6 Å². The number of anilines is 2. The molecule has 0 saturated carbocycles. The van der Waals surface area contributed by atoms with E-state index in [0.29, 0.717) is 61.7 Å². The summed E-state index contributed by atoms with van der Waals surface area (Å²) in [6.45, 7) is 7.45. The van der Waals surface area contributed by atoms with Crippen molar-refractivity contribution in [2.24, 2.45) is 0 Å². The molecule has 0 radical (unpaired) electrons. The predicted octanol–water partition coefficient (Wildman–Crippen LogP) is 18.1. The maximum absolute atomic E-state index is 13.0. The Morgan fingerprint density at radius 1 is 0.471 bits per heavy atom. The monoisotopic (exact) mass is 1200 g/mol. The minimum atomic E-state index is -0.887. The van der Waals surface area contributed by atoms with E-state index in [1.54, 1.807) is 25.1 Å². The summed E-state index contributed by atoms with van der Waals surface area (Å²) in [6, 6.07) is 5.00. The second kappa shape index (κ2) is 55.2. The molecule has 4 unspecified atom stereocenters. The number of amides is 2. The van der Waals surface area contributed by atoms with Crippen LogP contribution in [-0.4, -0.2) is 94.8 Å². The van der Waals surface area contributed by atoms with Crippen molar-refractivity contribution >= 4 is 41.5 Å². The number of rotatable bonds is 55. The van der Waals surface area contributed by atoms with Gasteiger partial charge in [0.25, 0.3) is 0 Å². The number of ether oxygens (including phenoxy) is 5. The van der Waals surface area contributed by atoms with Gasteiger partial charge in [-0.25, -0.2) is 9.59 Å². The molecule has 0 saturated heterocycles. The van der Waals surface area contributed by atoms with Crippen molar-refractivity contribution in [3.63, 3.8) is 0 Å². The number of benzene rings is 1. The molecule has 0 heterocycles. The largest absolute Gasteiger partial charge is 0.512 e. The quantitative estimate of drug-likeness (QED) is 0.0117. The molecule has 0 spiro atoms. The Kier molecular flexibility index (Phi) is 50.5. The Hall–Kier alpha value is -5.35. The zero-order valence-corrected chi connectivity index (χ0v) is 53.2. The minimum absolute atomic E-state index is 0.173. The Bertz CT molecular complexity index is 1990. The standard InChI is InChI=1S/C69H116N2O14/c1-5-8-11-32-41-59(73)43-34-26-20-14-17-23-29-38-47-65(76)81-55-63(84-67(78)49-40-31-25-18-15-21-27-35-44-60(74)42-33-12-9-6-2)56-82-66(77)48-39-30-24-19-16-22-28-37-46-62(45-36-13-10-7-3)85-69(80)70-58-51-50-57(4)64(52-58)71-68(79)83-54-61(75)53-72/h26-28,34-35,37,50-53,59-60,62-63,72-75H,5-25,29-33,36,38-49,54-56H2,1-4H3,(H,70,80)(H,71,79)/b34-26-,35-27-,37-28+,61-53-. The highest BCUT2D eigenvalue weighted by Crippen LogP contribution is 2.23. The molecular weight excluding hydrogens is 1080 g/mol. The lowest BCUT2D eigenvalue weighted by Gasteiger charge is -2.18. The van der Waals surface area contributed by atoms with Crippen molar-refractivity contribution < 1.29 is 68.1 Å². The average molecular weight is 1200 g/mol. The number of hydrogen-bond donors (Lipinski definition) is 6. The van der Waals surface area contributed by atoms with Crippen molar-refractivity contribution in [2.75, 3.05) is 30.5 Å². The van der Waals surface area contributed by atoms with E-state index < -0.39 is 36.6 Å². The van der Waals surface area contributed by atoms with E-state index in [1.165, 1.54) is 38.5 Å². The lowest BCUT2D eigenvalue weighted by molar-refractivity contribution is -0.167. The third-order valence-corrected chi connectivity index (χ3v) is 14.8. The van der Waals surface area contributed by atoms with Gasteiger partial charge in [0.2, 0.25) is 0 Å². The highest BCUT2D eigenvalue weighted by Gasteiger charge is 2.20. The Morgan fingerprint density at radius 3 is 1.39 bits per heavy atom. The normalized spacial score (nSPS) is 13.2. The smallest absolute Gasteiger partial charge is 0.412 e. The van der Waals surface area contributed by atoms with Crippen LogP contribution in [0.15, 0.2) is 66.7 Å². The Balaban J connectivity index is 2.54. The van der Waals surface area contributed by atoms with E-state index in [2.05, 4.69) is 67.9 Å². The number of aryl methyl sites for hydroxylation is 1. The maximum Gasteiger partial charge on any atom is 0.412 e. The molecule has 0 aliphatic heterocycles. The number of aliphatic hydroxyl groups excluding tert-OH is 4. The molecule has 1 aromatic rings. The van der Waals surface area contributed by atoms with Gasteiger partial charge in [-0.1, -0.05) is 192 Å². The van der Waals surface area contributed by atoms with Gasteiger partial charge >= 0.3 is 30.1 Å². The molecule has 2 amide bonds. The van der Waals surface area contributed by atoms with Gasteiger partial charge in [0.1, 0.15) is 25.6 Å². The molecule has 85 heavy (non-hydrogen) atoms. The zero-order chi connectivity index (χ0) is 62.2. The van der Waals surface area contributed by atoms with E-state index in [4.69, 9.17) is 28.8 Å². The first-order valence-corrected chi connectivity index (χ1v) is 33.2. The molecule has 486 valence electrons. The summed E-state index contributed by atoms with van der Waals surface area (Å²) in [7, 11) is 0. The molecule has 0 aliphatic rings. The van der Waals surface area contributed by atoms with Crippen LogP contribution in [0.1, 0.15) is 277 Å². The van der Waals surface area contributed by atoms with Crippen LogP contribution >= 0.6 is 0 Å². The van der Waals surface area contributed by atoms with Gasteiger partial charge in [0.05, 0.1) is 12.2 Å². The second-order valence-corrected chi connectivity index (χ2v) is 22.9. The molecule has 0 bridgehead atoms. The predicted molar refractivity (Wildman–Crippen MR) is 342 cm³/mol. The number of aliphatic hydroxyl groups is 4. The minimum Gasteiger partial charge on any atom is -0.512 e. The molecule has 16 heteroatoms. The third kappa shape index (κ3) is 48.5. The zero-order valence-electron chi connectivity index (χ0n) is 53.2. The summed E-state index contributed by atoms with van der Waals surface area (Å²) in [5.41, 5.74) is 1.52. The lowest BCUT2D eigenvalue weighted by Crippen LogP contribution is -2.30. The van der Waals surface area contributed by atoms with E-state index in [1.807, 2.05) is 0 Å². The van der Waals surface area contributed by atoms with Crippen LogP contribution in [0.4, 0.5) is 21.0 Å². The molecule has 4 atom stereocenters. The molecule has 1 aromatic carbocycles. The summed E-state index contributed by atoms with van der Waals surface area (Å²) in [4.78, 5) is 63.8. The number of hydrogen-bond acceptors (Lipinski definition) is 14. The van der Waals surface area contributed by atoms with Gasteiger partial charge in [0.15, 0.2) is 18.5 Å². The fourth-order valence-electron chi connectivity index (χ4n) is 9.50. The van der Waals surface area contributed by atoms with Crippen LogP contribution in [0.5, 0.6) is 0 Å². The van der Waals surface area contributed by atoms with E-state index in [0.717, 1.165) is 154 Å². The summed E-state index contributed by atoms with van der Waals surface area (Å²) < 4.78 is 27.6. The number of allylic oxidation sites excluding steroid dienone is 3. The fourth-order valence-corrected chi connectivity index (χ4v) is 9.50. The first-order chi connectivity index (χ1) is 41.3. The molecule has 1 rings (SSSR count). The Morgan fingerprint density at radius 2 is 0.906 bits per heavy atom. The summed E-state index contributed by atoms with van der Waals surface area (Å²) in [6.07, 6.45) is 45.4. The summed E-state index contributed by atoms with van der Waals surface area (Å²) in [5.74, 6) is -1.66. The summed E-state index contributed by atoms with van der Waals surface area (Å²) >= 11 is 0. The van der Waals surface area contributed by atoms with Crippen LogP contribution in [0.3, 0.4) is 0 Å². The van der Waals surface area contributed by atoms with Gasteiger partial charge in [0, 0.05) is 37.1 Å². The average Bonchev–Trinajstić information content (AvgIpc) is 3.63. The number of nitrogens with one attached hydrogen (secondary N) is 2. The van der Waals surface area contributed by atoms with Crippen molar-refractivity contribution in [1.82, 2.24) is 0 Å². The molecule has 0 aromatic heterocycles. The van der Waals surface area contributed by atoms with Crippen molar-refractivity contribution in [2.45, 2.75) is 303 Å². The molecule has 0 aliphatic carbocycles. The highest BCUT2D eigenvalue weighted by atomic mass is 16.6. The number of carbonyl (C=O) groups is 5. The third-order valence-electron chi connectivity index (χ3n) is 14.8. The number of esters is 3. The van der Waals surface area contributed by atoms with Gasteiger partial charge < -0.3 is 44.1 Å². The van der Waals surface area contributed by atoms with Gasteiger partial charge in [-0.2, -0.15) is 0 Å². The van der Waals surface area contributed by atoms with Crippen molar-refractivity contribution in [1.29, 1.82) is 0 Å². The topological polar surface area (TPSA) is 236 Å². The van der Waals surface area contributed by atoms with Crippen molar-refractivity contribution in [3.8, 4) is 0 Å². The van der Waals surface area contributed by atoms with Crippen molar-refractivity contribution in [3.05, 3.63) is 72.2 Å². The Labute approximate surface area is 512 Å². The van der Waals surface area contributed by atoms with Crippen LogP contribution in [0.2, 0.25) is 0 Å². The van der Waals surface area contributed by atoms with Crippen LogP contribution in [-0.2, 0) is 38.1 Å². The molecular formula is C69H116N2O14. The molecule has 6 N–H and O–H groups in total. The van der Waals surface area contributed by atoms with E-state index in [9.17, 15) is 39.3 Å². The number of carbonyl (C=O) groups excluding carboxylic acids is 5. The molecule has 0 fully saturated rings.